The predicted octanol–water partition coefficient (Wildman–Crippen LogP) is 4.05. The molecular formula is C26H36O6. The van der Waals surface area contributed by atoms with E-state index in [2.05, 4.69) is 13.5 Å². The monoisotopic (exact) mass is 444 g/mol. The molecule has 4 rings (SSSR count). The first-order chi connectivity index (χ1) is 14.7. The summed E-state index contributed by atoms with van der Waals surface area (Å²) < 4.78 is 10.8. The topological polar surface area (TPSA) is 86.7 Å². The molecule has 32 heavy (non-hydrogen) atoms. The molecule has 7 atom stereocenters. The maximum atomic E-state index is 14.0. The van der Waals surface area contributed by atoms with Crippen molar-refractivity contribution in [2.24, 2.45) is 38.9 Å². The van der Waals surface area contributed by atoms with Crippen LogP contribution in [0.4, 0.5) is 0 Å². The molecule has 0 amide bonds. The van der Waals surface area contributed by atoms with Gasteiger partial charge in [-0.1, -0.05) is 39.8 Å². The van der Waals surface area contributed by atoms with E-state index in [9.17, 15) is 19.2 Å². The van der Waals surface area contributed by atoms with E-state index < -0.39 is 45.5 Å². The van der Waals surface area contributed by atoms with Gasteiger partial charge >= 0.3 is 11.9 Å². The fourth-order valence-electron chi connectivity index (χ4n) is 8.70. The number of carbonyl (C=O) groups excluding carboxylic acids is 4. The molecule has 0 radical (unpaired) electrons. The van der Waals surface area contributed by atoms with Gasteiger partial charge in [0.15, 0.2) is 17.3 Å². The molecule has 0 bridgehead atoms. The molecule has 0 aromatic heterocycles. The van der Waals surface area contributed by atoms with Crippen LogP contribution in [0, 0.1) is 38.9 Å². The lowest BCUT2D eigenvalue weighted by atomic mass is 9.31. The van der Waals surface area contributed by atoms with Crippen LogP contribution < -0.4 is 0 Å². The standard InChI is InChI=1S/C26H36O6/c1-14-13-17-23(5)11-10-18(27)22(3,4)16(23)9-12-24(17,6)26(21(30)31-8)19(28)15(2)32-20(29)25(14,26)7/h15-17H,1,9-13H2,2-8H3/t15-,16-,17+,23-,24+,25+,26-/m1/s1. The summed E-state index contributed by atoms with van der Waals surface area (Å²) in [7, 11) is 1.28. The molecule has 1 heterocycles. The molecular weight excluding hydrogens is 408 g/mol. The molecule has 4 aliphatic rings. The van der Waals surface area contributed by atoms with Crippen LogP contribution in [0.25, 0.3) is 0 Å². The van der Waals surface area contributed by atoms with Crippen LogP contribution in [-0.4, -0.2) is 36.7 Å². The Balaban J connectivity index is 2.01. The van der Waals surface area contributed by atoms with Crippen molar-refractivity contribution in [1.29, 1.82) is 0 Å². The number of hydrogen-bond donors (Lipinski definition) is 0. The van der Waals surface area contributed by atoms with Gasteiger partial charge < -0.3 is 9.47 Å². The van der Waals surface area contributed by atoms with E-state index in [4.69, 9.17) is 9.47 Å². The second kappa shape index (κ2) is 6.54. The number of Topliss-reactive ketones (excluding diaryl/α,β-unsaturated/α-hetero) is 2. The molecule has 176 valence electrons. The molecule has 1 saturated heterocycles. The SMILES string of the molecule is C=C1C[C@H]2[C@]3(C)CCC(=O)C(C)(C)[C@H]3CC[C@]2(C)[C@]2(C(=O)OC)C(=O)[C@@H](C)OC(=O)[C@]12C. The van der Waals surface area contributed by atoms with Gasteiger partial charge in [0, 0.05) is 11.8 Å². The Labute approximate surface area is 190 Å². The summed E-state index contributed by atoms with van der Waals surface area (Å²) in [5.41, 5.74) is -4.23. The first-order valence-electron chi connectivity index (χ1n) is 11.7. The van der Waals surface area contributed by atoms with E-state index in [1.807, 2.05) is 20.8 Å². The van der Waals surface area contributed by atoms with Crippen LogP contribution in [0.1, 0.15) is 73.6 Å². The summed E-state index contributed by atoms with van der Waals surface area (Å²) in [4.78, 5) is 54.0. The van der Waals surface area contributed by atoms with Crippen LogP contribution in [0.2, 0.25) is 0 Å². The zero-order valence-electron chi connectivity index (χ0n) is 20.4. The molecule has 0 N–H and O–H groups in total. The van der Waals surface area contributed by atoms with E-state index in [1.54, 1.807) is 6.92 Å². The van der Waals surface area contributed by atoms with E-state index in [0.29, 0.717) is 37.7 Å². The molecule has 6 nitrogen and oxygen atoms in total. The Hall–Kier alpha value is -1.98. The van der Waals surface area contributed by atoms with Crippen LogP contribution >= 0.6 is 0 Å². The normalized spacial score (nSPS) is 47.7. The maximum Gasteiger partial charge on any atom is 0.321 e. The zero-order valence-corrected chi connectivity index (χ0v) is 20.4. The van der Waals surface area contributed by atoms with Crippen LogP contribution in [0.15, 0.2) is 12.2 Å². The van der Waals surface area contributed by atoms with Crippen molar-refractivity contribution >= 4 is 23.5 Å². The molecule has 6 heteroatoms. The number of hydrogen-bond acceptors (Lipinski definition) is 6. The van der Waals surface area contributed by atoms with E-state index >= 15 is 0 Å². The number of methoxy groups -OCH3 is 1. The highest BCUT2D eigenvalue weighted by Crippen LogP contribution is 2.76. The minimum absolute atomic E-state index is 0.0946. The highest BCUT2D eigenvalue weighted by atomic mass is 16.6. The lowest BCUT2D eigenvalue weighted by molar-refractivity contribution is -0.241. The summed E-state index contributed by atoms with van der Waals surface area (Å²) in [6.45, 7) is 15.7. The molecule has 4 fully saturated rings. The largest absolute Gasteiger partial charge is 0.468 e. The number of fused-ring (bicyclic) bond motifs is 5. The Morgan fingerprint density at radius 3 is 2.28 bits per heavy atom. The molecule has 0 unspecified atom stereocenters. The minimum atomic E-state index is -1.71. The summed E-state index contributed by atoms with van der Waals surface area (Å²) in [6.07, 6.45) is 1.93. The molecule has 0 aromatic rings. The predicted molar refractivity (Wildman–Crippen MR) is 117 cm³/mol. The average molecular weight is 445 g/mol. The van der Waals surface area contributed by atoms with Crippen LogP contribution in [0.3, 0.4) is 0 Å². The lowest BCUT2D eigenvalue weighted by Gasteiger charge is -2.70. The molecule has 0 aromatic carbocycles. The van der Waals surface area contributed by atoms with E-state index in [-0.39, 0.29) is 23.0 Å². The van der Waals surface area contributed by atoms with Crippen molar-refractivity contribution in [1.82, 2.24) is 0 Å². The van der Waals surface area contributed by atoms with Gasteiger partial charge in [-0.15, -0.1) is 0 Å². The fourth-order valence-corrected chi connectivity index (χ4v) is 8.70. The maximum absolute atomic E-state index is 14.0. The number of cyclic esters (lactones) is 1. The smallest absolute Gasteiger partial charge is 0.321 e. The van der Waals surface area contributed by atoms with Gasteiger partial charge in [0.25, 0.3) is 0 Å². The molecule has 3 aliphatic carbocycles. The van der Waals surface area contributed by atoms with Crippen molar-refractivity contribution < 1.29 is 28.7 Å². The molecule has 1 aliphatic heterocycles. The summed E-state index contributed by atoms with van der Waals surface area (Å²) in [5, 5.41) is 0. The van der Waals surface area contributed by atoms with Gasteiger partial charge in [-0.25, -0.2) is 0 Å². The first kappa shape index (κ1) is 23.2. The highest BCUT2D eigenvalue weighted by molar-refractivity contribution is 6.15. The number of carbonyl (C=O) groups is 4. The van der Waals surface area contributed by atoms with E-state index in [0.717, 1.165) is 0 Å². The summed E-state index contributed by atoms with van der Waals surface area (Å²) in [5.74, 6) is -1.34. The van der Waals surface area contributed by atoms with Crippen molar-refractivity contribution in [3.63, 3.8) is 0 Å². The lowest BCUT2D eigenvalue weighted by Crippen LogP contribution is -2.76. The molecule has 3 saturated carbocycles. The van der Waals surface area contributed by atoms with Crippen molar-refractivity contribution in [3.8, 4) is 0 Å². The zero-order chi connectivity index (χ0) is 24.1. The van der Waals surface area contributed by atoms with Gasteiger partial charge in [0.1, 0.15) is 11.2 Å². The van der Waals surface area contributed by atoms with Gasteiger partial charge in [0.05, 0.1) is 7.11 Å². The first-order valence-corrected chi connectivity index (χ1v) is 11.7. The Bertz CT molecular complexity index is 948. The van der Waals surface area contributed by atoms with Crippen LogP contribution in [0.5, 0.6) is 0 Å². The highest BCUT2D eigenvalue weighted by Gasteiger charge is 2.81. The summed E-state index contributed by atoms with van der Waals surface area (Å²) in [6, 6.07) is 0. The second-order valence-electron chi connectivity index (χ2n) is 11.8. The van der Waals surface area contributed by atoms with Gasteiger partial charge in [0.2, 0.25) is 0 Å². The Kier molecular flexibility index (Phi) is 4.74. The van der Waals surface area contributed by atoms with Crippen LogP contribution in [-0.2, 0) is 28.7 Å². The minimum Gasteiger partial charge on any atom is -0.468 e. The average Bonchev–Trinajstić information content (AvgIpc) is 2.71. The summed E-state index contributed by atoms with van der Waals surface area (Å²) >= 11 is 0. The number of rotatable bonds is 1. The van der Waals surface area contributed by atoms with Crippen molar-refractivity contribution in [3.05, 3.63) is 12.2 Å². The quantitative estimate of drug-likeness (QED) is 0.344. The third-order valence-corrected chi connectivity index (χ3v) is 10.5. The third-order valence-electron chi connectivity index (χ3n) is 10.5. The number of ketones is 2. The van der Waals surface area contributed by atoms with Gasteiger partial charge in [-0.05, 0) is 62.2 Å². The van der Waals surface area contributed by atoms with Crippen molar-refractivity contribution in [2.75, 3.05) is 7.11 Å². The number of ether oxygens (including phenoxy) is 2. The number of esters is 2. The molecule has 0 spiro atoms. The Morgan fingerprint density at radius 2 is 1.69 bits per heavy atom. The Morgan fingerprint density at radius 1 is 1.06 bits per heavy atom. The van der Waals surface area contributed by atoms with E-state index in [1.165, 1.54) is 14.0 Å². The second-order valence-corrected chi connectivity index (χ2v) is 11.8. The van der Waals surface area contributed by atoms with Gasteiger partial charge in [-0.2, -0.15) is 0 Å². The fraction of sp³-hybridized carbons (Fsp3) is 0.769. The van der Waals surface area contributed by atoms with Crippen molar-refractivity contribution in [2.45, 2.75) is 79.8 Å². The third kappa shape index (κ3) is 2.22. The van der Waals surface area contributed by atoms with Gasteiger partial charge in [-0.3, -0.25) is 19.2 Å².